The molecule has 0 saturated carbocycles. The molecule has 1 aromatic carbocycles. The summed E-state index contributed by atoms with van der Waals surface area (Å²) < 4.78 is 0. The Bertz CT molecular complexity index is 627. The Hall–Kier alpha value is -2.30. The Kier molecular flexibility index (Phi) is 2.51. The first-order valence-corrected chi connectivity index (χ1v) is 5.88. The van der Waals surface area contributed by atoms with Crippen molar-refractivity contribution in [3.63, 3.8) is 0 Å². The topological polar surface area (TPSA) is 69.0 Å². The van der Waals surface area contributed by atoms with Crippen LogP contribution in [0.3, 0.4) is 0 Å². The van der Waals surface area contributed by atoms with Crippen LogP contribution < -0.4 is 5.56 Å². The molecule has 1 aromatic heterocycles. The highest BCUT2D eigenvalue weighted by atomic mass is 16.2. The zero-order chi connectivity index (χ0) is 12.5. The fourth-order valence-corrected chi connectivity index (χ4v) is 2.25. The first kappa shape index (κ1) is 10.8. The Balaban J connectivity index is 1.86. The highest BCUT2D eigenvalue weighted by Gasteiger charge is 2.24. The normalized spacial score (nSPS) is 14.3. The predicted octanol–water partition coefficient (Wildman–Crippen LogP) is 0.901. The Morgan fingerprint density at radius 1 is 1.17 bits per heavy atom. The molecule has 92 valence electrons. The summed E-state index contributed by atoms with van der Waals surface area (Å²) in [6.07, 6.45) is 0.687. The minimum absolute atomic E-state index is 0.0261. The van der Waals surface area contributed by atoms with Gasteiger partial charge in [-0.05, 0) is 12.1 Å². The molecule has 2 N–H and O–H groups in total. The fraction of sp³-hybridized carbons (Fsp3) is 0.231. The summed E-state index contributed by atoms with van der Waals surface area (Å²) in [5, 5.41) is 5.41. The number of hydrogen-bond donors (Lipinski definition) is 2. The molecule has 1 aliphatic heterocycles. The maximum Gasteiger partial charge on any atom is 0.269 e. The molecule has 3 rings (SSSR count). The second-order valence-corrected chi connectivity index (χ2v) is 4.38. The van der Waals surface area contributed by atoms with E-state index in [1.807, 2.05) is 18.2 Å². The molecule has 5 heteroatoms. The predicted molar refractivity (Wildman–Crippen MR) is 66.3 cm³/mol. The maximum absolute atomic E-state index is 12.2. The SMILES string of the molecule is O=C(c1ccccc1)N1CCc2[nH][nH]c(=O)c2C1. The van der Waals surface area contributed by atoms with Gasteiger partial charge in [-0.25, -0.2) is 0 Å². The lowest BCUT2D eigenvalue weighted by atomic mass is 10.1. The quantitative estimate of drug-likeness (QED) is 0.781. The zero-order valence-electron chi connectivity index (χ0n) is 9.77. The molecule has 2 heterocycles. The second kappa shape index (κ2) is 4.18. The summed E-state index contributed by atoms with van der Waals surface area (Å²) >= 11 is 0. The van der Waals surface area contributed by atoms with Crippen molar-refractivity contribution in [3.8, 4) is 0 Å². The molecule has 0 bridgehead atoms. The van der Waals surface area contributed by atoms with Gasteiger partial charge in [0.25, 0.3) is 11.5 Å². The smallest absolute Gasteiger partial charge is 0.269 e. The number of carbonyl (C=O) groups excluding carboxylic acids is 1. The lowest BCUT2D eigenvalue weighted by molar-refractivity contribution is 0.0734. The number of nitrogens with zero attached hydrogens (tertiary/aromatic N) is 1. The van der Waals surface area contributed by atoms with Crippen LogP contribution in [0.4, 0.5) is 0 Å². The van der Waals surface area contributed by atoms with E-state index in [4.69, 9.17) is 0 Å². The van der Waals surface area contributed by atoms with Gasteiger partial charge in [0.1, 0.15) is 0 Å². The van der Waals surface area contributed by atoms with Gasteiger partial charge >= 0.3 is 0 Å². The number of hydrogen-bond acceptors (Lipinski definition) is 2. The zero-order valence-corrected chi connectivity index (χ0v) is 9.77. The molecule has 0 aliphatic carbocycles. The van der Waals surface area contributed by atoms with E-state index in [0.717, 1.165) is 5.69 Å². The van der Waals surface area contributed by atoms with Crippen LogP contribution in [0.15, 0.2) is 35.1 Å². The van der Waals surface area contributed by atoms with Gasteiger partial charge in [-0.2, -0.15) is 0 Å². The number of aromatic amines is 2. The first-order chi connectivity index (χ1) is 8.75. The third kappa shape index (κ3) is 1.73. The van der Waals surface area contributed by atoms with Gasteiger partial charge in [-0.15, -0.1) is 0 Å². The lowest BCUT2D eigenvalue weighted by Crippen LogP contribution is -2.37. The van der Waals surface area contributed by atoms with Crippen LogP contribution in [0.1, 0.15) is 21.6 Å². The van der Waals surface area contributed by atoms with E-state index in [0.29, 0.717) is 30.6 Å². The summed E-state index contributed by atoms with van der Waals surface area (Å²) in [4.78, 5) is 25.5. The summed E-state index contributed by atoms with van der Waals surface area (Å²) in [6, 6.07) is 9.14. The van der Waals surface area contributed by atoms with Crippen molar-refractivity contribution in [1.82, 2.24) is 15.1 Å². The van der Waals surface area contributed by atoms with E-state index in [1.165, 1.54) is 0 Å². The number of amides is 1. The van der Waals surface area contributed by atoms with Crippen molar-refractivity contribution < 1.29 is 4.79 Å². The largest absolute Gasteiger partial charge is 0.334 e. The molecule has 1 aliphatic rings. The molecule has 0 fully saturated rings. The van der Waals surface area contributed by atoms with E-state index >= 15 is 0 Å². The van der Waals surface area contributed by atoms with Gasteiger partial charge < -0.3 is 10.00 Å². The van der Waals surface area contributed by atoms with Crippen molar-refractivity contribution in [3.05, 3.63) is 57.5 Å². The van der Waals surface area contributed by atoms with Crippen LogP contribution >= 0.6 is 0 Å². The van der Waals surface area contributed by atoms with Crippen LogP contribution in [0.2, 0.25) is 0 Å². The molecule has 0 saturated heterocycles. The van der Waals surface area contributed by atoms with Gasteiger partial charge in [0.05, 0.1) is 12.1 Å². The average Bonchev–Trinajstić information content (AvgIpc) is 2.80. The van der Waals surface area contributed by atoms with Crippen LogP contribution in [0, 0.1) is 0 Å². The van der Waals surface area contributed by atoms with Crippen LogP contribution in [0.5, 0.6) is 0 Å². The number of rotatable bonds is 1. The Morgan fingerprint density at radius 2 is 1.94 bits per heavy atom. The summed E-state index contributed by atoms with van der Waals surface area (Å²) in [7, 11) is 0. The van der Waals surface area contributed by atoms with Crippen molar-refractivity contribution >= 4 is 5.91 Å². The third-order valence-corrected chi connectivity index (χ3v) is 3.25. The number of nitrogens with one attached hydrogen (secondary N) is 2. The monoisotopic (exact) mass is 243 g/mol. The van der Waals surface area contributed by atoms with Crippen molar-refractivity contribution in [2.24, 2.45) is 0 Å². The maximum atomic E-state index is 12.2. The molecule has 5 nitrogen and oxygen atoms in total. The summed E-state index contributed by atoms with van der Waals surface area (Å²) in [5.41, 5.74) is 2.12. The lowest BCUT2D eigenvalue weighted by Gasteiger charge is -2.26. The minimum atomic E-state index is -0.129. The molecule has 18 heavy (non-hydrogen) atoms. The van der Waals surface area contributed by atoms with E-state index in [-0.39, 0.29) is 11.5 Å². The van der Waals surface area contributed by atoms with Crippen molar-refractivity contribution in [1.29, 1.82) is 0 Å². The van der Waals surface area contributed by atoms with Crippen LogP contribution in [-0.2, 0) is 13.0 Å². The van der Waals surface area contributed by atoms with Crippen LogP contribution in [0.25, 0.3) is 0 Å². The molecule has 1 amide bonds. The van der Waals surface area contributed by atoms with Crippen molar-refractivity contribution in [2.45, 2.75) is 13.0 Å². The number of benzene rings is 1. The fourth-order valence-electron chi connectivity index (χ4n) is 2.25. The van der Waals surface area contributed by atoms with Gasteiger partial charge in [-0.1, -0.05) is 18.2 Å². The number of fused-ring (bicyclic) bond motifs is 1. The average molecular weight is 243 g/mol. The molecule has 0 atom stereocenters. The van der Waals surface area contributed by atoms with Gasteiger partial charge in [-0.3, -0.25) is 14.7 Å². The van der Waals surface area contributed by atoms with Crippen molar-refractivity contribution in [2.75, 3.05) is 6.54 Å². The highest BCUT2D eigenvalue weighted by Crippen LogP contribution is 2.15. The van der Waals surface area contributed by atoms with Gasteiger partial charge in [0.15, 0.2) is 0 Å². The molecular weight excluding hydrogens is 230 g/mol. The molecule has 2 aromatic rings. The van der Waals surface area contributed by atoms with E-state index in [9.17, 15) is 9.59 Å². The summed E-state index contributed by atoms with van der Waals surface area (Å²) in [6.45, 7) is 1.01. The van der Waals surface area contributed by atoms with Gasteiger partial charge in [0, 0.05) is 24.2 Å². The molecule has 0 unspecified atom stereocenters. The number of carbonyl (C=O) groups is 1. The Morgan fingerprint density at radius 3 is 2.72 bits per heavy atom. The second-order valence-electron chi connectivity index (χ2n) is 4.38. The van der Waals surface area contributed by atoms with Crippen LogP contribution in [-0.4, -0.2) is 27.5 Å². The minimum Gasteiger partial charge on any atom is -0.334 e. The van der Waals surface area contributed by atoms with E-state index in [2.05, 4.69) is 10.2 Å². The standard InChI is InChI=1S/C13H13N3O2/c17-12-10-8-16(7-6-11(10)14-15-12)13(18)9-4-2-1-3-5-9/h1-5H,6-8H2,(H2,14,15,17). The highest BCUT2D eigenvalue weighted by molar-refractivity contribution is 5.94. The number of aromatic nitrogens is 2. The first-order valence-electron chi connectivity index (χ1n) is 5.88. The van der Waals surface area contributed by atoms with Gasteiger partial charge in [0.2, 0.25) is 0 Å². The number of H-pyrrole nitrogens is 2. The van der Waals surface area contributed by atoms with E-state index in [1.54, 1.807) is 17.0 Å². The van der Waals surface area contributed by atoms with E-state index < -0.39 is 0 Å². The third-order valence-electron chi connectivity index (χ3n) is 3.25. The molecular formula is C13H13N3O2. The summed E-state index contributed by atoms with van der Waals surface area (Å²) in [5.74, 6) is -0.0261. The Labute approximate surface area is 103 Å². The molecule has 0 radical (unpaired) electrons. The molecule has 0 spiro atoms.